The summed E-state index contributed by atoms with van der Waals surface area (Å²) in [6.07, 6.45) is 0.456. The van der Waals surface area contributed by atoms with Gasteiger partial charge in [-0.25, -0.2) is 16.8 Å². The molecule has 0 saturated carbocycles. The Morgan fingerprint density at radius 1 is 0.862 bits per heavy atom. The van der Waals surface area contributed by atoms with Crippen molar-refractivity contribution in [3.8, 4) is 5.75 Å². The first kappa shape index (κ1) is 20.1. The Kier molecular flexibility index (Phi) is 5.28. The molecule has 2 aromatic rings. The first-order valence-corrected chi connectivity index (χ1v) is 12.1. The van der Waals surface area contributed by atoms with E-state index in [0.717, 1.165) is 0 Å². The third-order valence-electron chi connectivity index (χ3n) is 5.16. The van der Waals surface area contributed by atoms with E-state index >= 15 is 0 Å². The zero-order chi connectivity index (χ0) is 20.6. The molecule has 2 aliphatic rings. The Labute approximate surface area is 170 Å². The van der Waals surface area contributed by atoms with Crippen LogP contribution in [-0.4, -0.2) is 61.1 Å². The zero-order valence-electron chi connectivity index (χ0n) is 15.9. The summed E-state index contributed by atoms with van der Waals surface area (Å²) >= 11 is 0. The normalized spacial score (nSPS) is 17.9. The molecule has 0 radical (unpaired) electrons. The highest BCUT2D eigenvalue weighted by Gasteiger charge is 2.33. The van der Waals surface area contributed by atoms with Crippen molar-refractivity contribution < 1.29 is 26.3 Å². The maximum atomic E-state index is 13.1. The van der Waals surface area contributed by atoms with Crippen LogP contribution >= 0.6 is 0 Å². The topological polar surface area (TPSA) is 93.2 Å². The van der Waals surface area contributed by atoms with Crippen molar-refractivity contribution in [3.63, 3.8) is 0 Å². The van der Waals surface area contributed by atoms with Gasteiger partial charge < -0.3 is 9.47 Å². The molecule has 0 spiro atoms. The summed E-state index contributed by atoms with van der Waals surface area (Å²) in [4.78, 5) is 0.345. The molecule has 10 heteroatoms. The number of methoxy groups -OCH3 is 1. The molecule has 4 rings (SSSR count). The fraction of sp³-hybridized carbons (Fsp3) is 0.368. The molecular weight excluding hydrogens is 416 g/mol. The molecule has 2 aliphatic heterocycles. The second-order valence-corrected chi connectivity index (χ2v) is 10.6. The fourth-order valence-electron chi connectivity index (χ4n) is 3.57. The van der Waals surface area contributed by atoms with Gasteiger partial charge in [0.25, 0.3) is 10.0 Å². The minimum atomic E-state index is -3.74. The molecule has 1 saturated heterocycles. The average molecular weight is 439 g/mol. The largest absolute Gasteiger partial charge is 0.497 e. The van der Waals surface area contributed by atoms with Crippen molar-refractivity contribution in [3.05, 3.63) is 48.0 Å². The number of ether oxygens (including phenoxy) is 2. The van der Waals surface area contributed by atoms with Gasteiger partial charge in [0, 0.05) is 19.6 Å². The van der Waals surface area contributed by atoms with E-state index in [1.54, 1.807) is 24.3 Å². The fourth-order valence-corrected chi connectivity index (χ4v) is 6.53. The van der Waals surface area contributed by atoms with Crippen LogP contribution in [0.25, 0.3) is 0 Å². The van der Waals surface area contributed by atoms with Crippen molar-refractivity contribution in [2.45, 2.75) is 16.2 Å². The summed E-state index contributed by atoms with van der Waals surface area (Å²) in [5.74, 6) is 0.573. The van der Waals surface area contributed by atoms with Crippen LogP contribution in [0, 0.1) is 0 Å². The van der Waals surface area contributed by atoms with Gasteiger partial charge in [-0.2, -0.15) is 4.31 Å². The van der Waals surface area contributed by atoms with E-state index in [-0.39, 0.29) is 16.3 Å². The van der Waals surface area contributed by atoms with Crippen LogP contribution in [0.1, 0.15) is 5.56 Å². The van der Waals surface area contributed by atoms with Crippen LogP contribution < -0.4 is 9.04 Å². The molecule has 0 aliphatic carbocycles. The smallest absolute Gasteiger partial charge is 0.264 e. The number of fused-ring (bicyclic) bond motifs is 1. The Morgan fingerprint density at radius 3 is 2.17 bits per heavy atom. The molecule has 2 aromatic carbocycles. The lowest BCUT2D eigenvalue weighted by molar-refractivity contribution is 0.0730. The van der Waals surface area contributed by atoms with Gasteiger partial charge in [0.05, 0.1) is 35.8 Å². The van der Waals surface area contributed by atoms with Gasteiger partial charge in [-0.15, -0.1) is 0 Å². The first-order chi connectivity index (χ1) is 13.8. The number of nitrogens with zero attached hydrogens (tertiary/aromatic N) is 2. The number of hydrogen-bond acceptors (Lipinski definition) is 6. The molecule has 1 fully saturated rings. The average Bonchev–Trinajstić information content (AvgIpc) is 3.18. The standard InChI is InChI=1S/C19H22N2O6S2/c1-26-16-2-4-17(5-3-16)29(24,25)21-9-8-15-14-18(6-7-19(15)21)28(22,23)20-10-12-27-13-11-20/h2-7,14H,8-13H2,1H3. The Hall–Kier alpha value is -2.14. The lowest BCUT2D eigenvalue weighted by atomic mass is 10.2. The van der Waals surface area contributed by atoms with E-state index < -0.39 is 20.0 Å². The third kappa shape index (κ3) is 3.61. The second-order valence-electron chi connectivity index (χ2n) is 6.81. The molecule has 0 bridgehead atoms. The van der Waals surface area contributed by atoms with Gasteiger partial charge in [-0.1, -0.05) is 0 Å². The predicted octanol–water partition coefficient (Wildman–Crippen LogP) is 1.47. The minimum Gasteiger partial charge on any atom is -0.497 e. The molecule has 0 N–H and O–H groups in total. The molecule has 156 valence electrons. The van der Waals surface area contributed by atoms with Gasteiger partial charge in [0.1, 0.15) is 5.75 Å². The number of sulfonamides is 2. The highest BCUT2D eigenvalue weighted by molar-refractivity contribution is 7.92. The molecule has 8 nitrogen and oxygen atoms in total. The van der Waals surface area contributed by atoms with E-state index in [0.29, 0.717) is 49.7 Å². The quantitative estimate of drug-likeness (QED) is 0.702. The number of hydrogen-bond donors (Lipinski definition) is 0. The van der Waals surface area contributed by atoms with E-state index in [2.05, 4.69) is 0 Å². The molecule has 0 atom stereocenters. The molecule has 2 heterocycles. The zero-order valence-corrected chi connectivity index (χ0v) is 17.6. The van der Waals surface area contributed by atoms with Crippen LogP contribution in [0.4, 0.5) is 5.69 Å². The number of benzene rings is 2. The van der Waals surface area contributed by atoms with Gasteiger partial charge >= 0.3 is 0 Å². The molecule has 0 amide bonds. The predicted molar refractivity (Wildman–Crippen MR) is 107 cm³/mol. The second kappa shape index (κ2) is 7.60. The third-order valence-corrected chi connectivity index (χ3v) is 8.88. The van der Waals surface area contributed by atoms with E-state index in [1.807, 2.05) is 0 Å². The van der Waals surface area contributed by atoms with Crippen LogP contribution in [0.3, 0.4) is 0 Å². The van der Waals surface area contributed by atoms with E-state index in [9.17, 15) is 16.8 Å². The van der Waals surface area contributed by atoms with Crippen LogP contribution in [0.5, 0.6) is 5.75 Å². The molecular formula is C19H22N2O6S2. The minimum absolute atomic E-state index is 0.163. The lowest BCUT2D eigenvalue weighted by Crippen LogP contribution is -2.40. The number of anilines is 1. The maximum absolute atomic E-state index is 13.1. The van der Waals surface area contributed by atoms with Crippen molar-refractivity contribution in [2.24, 2.45) is 0 Å². The Bertz CT molecular complexity index is 1110. The summed E-state index contributed by atoms with van der Waals surface area (Å²) in [6.45, 7) is 1.65. The lowest BCUT2D eigenvalue weighted by Gasteiger charge is -2.26. The van der Waals surface area contributed by atoms with Gasteiger partial charge in [-0.3, -0.25) is 4.31 Å². The molecule has 0 aromatic heterocycles. The summed E-state index contributed by atoms with van der Waals surface area (Å²) in [5.41, 5.74) is 1.22. The number of rotatable bonds is 5. The monoisotopic (exact) mass is 438 g/mol. The SMILES string of the molecule is COc1ccc(S(=O)(=O)N2CCc3cc(S(=O)(=O)N4CCOCC4)ccc32)cc1. The Balaban J connectivity index is 1.64. The first-order valence-electron chi connectivity index (χ1n) is 9.22. The van der Waals surface area contributed by atoms with Crippen LogP contribution in [0.15, 0.2) is 52.3 Å². The summed E-state index contributed by atoms with van der Waals surface area (Å²) in [5, 5.41) is 0. The van der Waals surface area contributed by atoms with Gasteiger partial charge in [0.15, 0.2) is 0 Å². The van der Waals surface area contributed by atoms with Crippen molar-refractivity contribution in [2.75, 3.05) is 44.3 Å². The van der Waals surface area contributed by atoms with E-state index in [4.69, 9.17) is 9.47 Å². The van der Waals surface area contributed by atoms with Crippen molar-refractivity contribution in [1.82, 2.24) is 4.31 Å². The van der Waals surface area contributed by atoms with Crippen LogP contribution in [-0.2, 0) is 31.2 Å². The molecule has 0 unspecified atom stereocenters. The Morgan fingerprint density at radius 2 is 1.52 bits per heavy atom. The van der Waals surface area contributed by atoms with Gasteiger partial charge in [-0.05, 0) is 54.4 Å². The maximum Gasteiger partial charge on any atom is 0.264 e. The van der Waals surface area contributed by atoms with Gasteiger partial charge in [0.2, 0.25) is 10.0 Å². The van der Waals surface area contributed by atoms with Crippen molar-refractivity contribution >= 4 is 25.7 Å². The van der Waals surface area contributed by atoms with Crippen LogP contribution in [0.2, 0.25) is 0 Å². The number of morpholine rings is 1. The van der Waals surface area contributed by atoms with Crippen molar-refractivity contribution in [1.29, 1.82) is 0 Å². The summed E-state index contributed by atoms with van der Waals surface area (Å²) in [6, 6.07) is 10.8. The molecule has 29 heavy (non-hydrogen) atoms. The highest BCUT2D eigenvalue weighted by Crippen LogP contribution is 2.35. The summed E-state index contributed by atoms with van der Waals surface area (Å²) in [7, 11) is -5.85. The van der Waals surface area contributed by atoms with E-state index in [1.165, 1.54) is 33.9 Å². The summed E-state index contributed by atoms with van der Waals surface area (Å²) < 4.78 is 64.9. The highest BCUT2D eigenvalue weighted by atomic mass is 32.2.